The van der Waals surface area contributed by atoms with Crippen LogP contribution in [0.5, 0.6) is 0 Å². The molecule has 0 aliphatic carbocycles. The zero-order valence-electron chi connectivity index (χ0n) is 6.83. The number of halogens is 4. The van der Waals surface area contributed by atoms with Crippen LogP contribution in [0.15, 0.2) is 0 Å². The second-order valence-corrected chi connectivity index (χ2v) is 4.69. The molecule has 0 radical (unpaired) electrons. The maximum atomic E-state index is 11.9. The van der Waals surface area contributed by atoms with Crippen molar-refractivity contribution in [3.63, 3.8) is 0 Å². The Kier molecular flexibility index (Phi) is 6.45. The zero-order chi connectivity index (χ0) is 9.61. The maximum Gasteiger partial charge on any atom is 0.402 e. The third-order valence-corrected chi connectivity index (χ3v) is 3.68. The van der Waals surface area contributed by atoms with Crippen LogP contribution in [0.4, 0.5) is 13.2 Å². The number of alkyl halides is 4. The topological polar surface area (TPSA) is 0 Å². The van der Waals surface area contributed by atoms with Gasteiger partial charge in [-0.05, 0) is 12.2 Å². The molecule has 0 N–H and O–H groups in total. The number of hydrogen-bond acceptors (Lipinski definition) is 1. The third kappa shape index (κ3) is 6.17. The number of rotatable bonds is 5. The Morgan fingerprint density at radius 3 is 2.42 bits per heavy atom. The molecular formula is C7H12BrF3S. The van der Waals surface area contributed by atoms with Gasteiger partial charge in [0.2, 0.25) is 0 Å². The van der Waals surface area contributed by atoms with Gasteiger partial charge in [0, 0.05) is 5.75 Å². The number of hydrogen-bond donors (Lipinski definition) is 0. The van der Waals surface area contributed by atoms with E-state index >= 15 is 0 Å². The summed E-state index contributed by atoms with van der Waals surface area (Å²) in [7, 11) is 0. The lowest BCUT2D eigenvalue weighted by Crippen LogP contribution is -2.25. The number of thioether (sulfide) groups is 1. The molecule has 0 aliphatic heterocycles. The fraction of sp³-hybridized carbons (Fsp3) is 1.00. The van der Waals surface area contributed by atoms with Gasteiger partial charge in [-0.25, -0.2) is 0 Å². The molecule has 0 aliphatic rings. The highest BCUT2D eigenvalue weighted by molar-refractivity contribution is 9.09. The first-order valence-corrected chi connectivity index (χ1v) is 5.84. The van der Waals surface area contributed by atoms with Gasteiger partial charge in [-0.3, -0.25) is 0 Å². The summed E-state index contributed by atoms with van der Waals surface area (Å²) in [5, 5.41) is 0. The molecule has 0 aromatic carbocycles. The molecule has 1 unspecified atom stereocenters. The minimum Gasteiger partial charge on any atom is -0.170 e. The van der Waals surface area contributed by atoms with Crippen LogP contribution in [0.25, 0.3) is 0 Å². The average molecular weight is 265 g/mol. The Balaban J connectivity index is 3.38. The van der Waals surface area contributed by atoms with E-state index in [2.05, 4.69) is 15.9 Å². The highest BCUT2D eigenvalue weighted by Gasteiger charge is 2.37. The normalized spacial score (nSPS) is 14.8. The van der Waals surface area contributed by atoms with E-state index in [0.29, 0.717) is 0 Å². The van der Waals surface area contributed by atoms with Gasteiger partial charge < -0.3 is 0 Å². The molecule has 0 rings (SSSR count). The van der Waals surface area contributed by atoms with E-state index in [1.54, 1.807) is 0 Å². The van der Waals surface area contributed by atoms with Crippen LogP contribution in [0.1, 0.15) is 19.8 Å². The van der Waals surface area contributed by atoms with E-state index < -0.39 is 11.0 Å². The highest BCUT2D eigenvalue weighted by atomic mass is 79.9. The Labute approximate surface area is 83.4 Å². The van der Waals surface area contributed by atoms with Gasteiger partial charge >= 0.3 is 6.18 Å². The standard InChI is InChI=1S/C7H12BrF3S/c1-2-3-4-12-5-6(8)7(9,10)11/h6H,2-5H2,1H3. The lowest BCUT2D eigenvalue weighted by molar-refractivity contribution is -0.122. The molecule has 0 aromatic heterocycles. The van der Waals surface area contributed by atoms with E-state index in [0.717, 1.165) is 18.6 Å². The van der Waals surface area contributed by atoms with E-state index in [9.17, 15) is 13.2 Å². The highest BCUT2D eigenvalue weighted by Crippen LogP contribution is 2.29. The molecule has 0 saturated heterocycles. The van der Waals surface area contributed by atoms with Gasteiger partial charge in [0.05, 0.1) is 0 Å². The van der Waals surface area contributed by atoms with Crippen molar-refractivity contribution >= 4 is 27.7 Å². The first-order chi connectivity index (χ1) is 5.48. The van der Waals surface area contributed by atoms with Crippen molar-refractivity contribution in [2.24, 2.45) is 0 Å². The van der Waals surface area contributed by atoms with Crippen LogP contribution < -0.4 is 0 Å². The Hall–Kier alpha value is 0.620. The molecule has 12 heavy (non-hydrogen) atoms. The second kappa shape index (κ2) is 6.13. The molecule has 0 heterocycles. The summed E-state index contributed by atoms with van der Waals surface area (Å²) in [6.45, 7) is 2.02. The van der Waals surface area contributed by atoms with Crippen molar-refractivity contribution in [1.82, 2.24) is 0 Å². The molecule has 0 aromatic rings. The van der Waals surface area contributed by atoms with Crippen molar-refractivity contribution < 1.29 is 13.2 Å². The van der Waals surface area contributed by atoms with E-state index in [1.165, 1.54) is 11.8 Å². The lowest BCUT2D eigenvalue weighted by Gasteiger charge is -2.12. The fourth-order valence-electron chi connectivity index (χ4n) is 0.528. The molecule has 0 amide bonds. The summed E-state index contributed by atoms with van der Waals surface area (Å²) >= 11 is 3.95. The molecule has 0 fully saturated rings. The Morgan fingerprint density at radius 1 is 1.42 bits per heavy atom. The van der Waals surface area contributed by atoms with Crippen molar-refractivity contribution in [3.8, 4) is 0 Å². The maximum absolute atomic E-state index is 11.9. The predicted octanol–water partition coefficient (Wildman–Crippen LogP) is 3.85. The molecule has 0 saturated carbocycles. The van der Waals surface area contributed by atoms with Crippen molar-refractivity contribution in [2.75, 3.05) is 11.5 Å². The Morgan fingerprint density at radius 2 is 2.00 bits per heavy atom. The average Bonchev–Trinajstić information content (AvgIpc) is 1.96. The summed E-state index contributed by atoms with van der Waals surface area (Å²) in [6, 6.07) is 0. The first-order valence-electron chi connectivity index (χ1n) is 3.77. The molecule has 0 nitrogen and oxygen atoms in total. The van der Waals surface area contributed by atoms with Gasteiger partial charge in [0.1, 0.15) is 4.83 Å². The fourth-order valence-corrected chi connectivity index (χ4v) is 2.14. The molecule has 0 bridgehead atoms. The van der Waals surface area contributed by atoms with Crippen LogP contribution in [0.3, 0.4) is 0 Å². The monoisotopic (exact) mass is 264 g/mol. The van der Waals surface area contributed by atoms with E-state index in [-0.39, 0.29) is 5.75 Å². The van der Waals surface area contributed by atoms with Crippen LogP contribution >= 0.6 is 27.7 Å². The van der Waals surface area contributed by atoms with Crippen LogP contribution in [-0.2, 0) is 0 Å². The van der Waals surface area contributed by atoms with Crippen LogP contribution in [0, 0.1) is 0 Å². The summed E-state index contributed by atoms with van der Waals surface area (Å²) in [4.78, 5) is -1.35. The molecule has 0 spiro atoms. The predicted molar refractivity (Wildman–Crippen MR) is 51.0 cm³/mol. The first kappa shape index (κ1) is 12.6. The van der Waals surface area contributed by atoms with Crippen LogP contribution in [-0.4, -0.2) is 22.5 Å². The summed E-state index contributed by atoms with van der Waals surface area (Å²) in [5.74, 6) is 0.929. The van der Waals surface area contributed by atoms with Crippen molar-refractivity contribution in [2.45, 2.75) is 30.8 Å². The summed E-state index contributed by atoms with van der Waals surface area (Å²) < 4.78 is 35.7. The Bertz CT molecular complexity index is 116. The zero-order valence-corrected chi connectivity index (χ0v) is 9.23. The van der Waals surface area contributed by atoms with E-state index in [4.69, 9.17) is 0 Å². The lowest BCUT2D eigenvalue weighted by atomic mass is 10.4. The molecule has 5 heteroatoms. The molecule has 1 atom stereocenters. The summed E-state index contributed by atoms with van der Waals surface area (Å²) in [5.41, 5.74) is 0. The molecule has 74 valence electrons. The minimum absolute atomic E-state index is 0.115. The quantitative estimate of drug-likeness (QED) is 0.537. The minimum atomic E-state index is -4.10. The summed E-state index contributed by atoms with van der Waals surface area (Å²) in [6.07, 6.45) is -2.08. The van der Waals surface area contributed by atoms with Gasteiger partial charge in [-0.2, -0.15) is 24.9 Å². The van der Waals surface area contributed by atoms with Gasteiger partial charge in [0.15, 0.2) is 0 Å². The van der Waals surface area contributed by atoms with Gasteiger partial charge in [0.25, 0.3) is 0 Å². The van der Waals surface area contributed by atoms with Gasteiger partial charge in [-0.1, -0.05) is 29.3 Å². The second-order valence-electron chi connectivity index (χ2n) is 2.44. The third-order valence-electron chi connectivity index (χ3n) is 1.26. The largest absolute Gasteiger partial charge is 0.402 e. The smallest absolute Gasteiger partial charge is 0.170 e. The number of unbranched alkanes of at least 4 members (excludes halogenated alkanes) is 1. The van der Waals surface area contributed by atoms with E-state index in [1.807, 2.05) is 6.92 Å². The van der Waals surface area contributed by atoms with Gasteiger partial charge in [-0.15, -0.1) is 0 Å². The van der Waals surface area contributed by atoms with Crippen molar-refractivity contribution in [1.29, 1.82) is 0 Å². The van der Waals surface area contributed by atoms with Crippen molar-refractivity contribution in [3.05, 3.63) is 0 Å². The molecular weight excluding hydrogens is 253 g/mol. The van der Waals surface area contributed by atoms with Crippen LogP contribution in [0.2, 0.25) is 0 Å². The SMILES string of the molecule is CCCCSCC(Br)C(F)(F)F.